The molecule has 6 nitrogen and oxygen atoms in total. The van der Waals surface area contributed by atoms with Crippen molar-refractivity contribution in [3.05, 3.63) is 47.9 Å². The van der Waals surface area contributed by atoms with Crippen molar-refractivity contribution in [1.29, 1.82) is 0 Å². The molecule has 0 unspecified atom stereocenters. The summed E-state index contributed by atoms with van der Waals surface area (Å²) >= 11 is 0. The number of aryl methyl sites for hydroxylation is 1. The van der Waals surface area contributed by atoms with Gasteiger partial charge < -0.3 is 4.98 Å². The first-order chi connectivity index (χ1) is 11.7. The summed E-state index contributed by atoms with van der Waals surface area (Å²) < 4.78 is 29.7. The Morgan fingerprint density at radius 3 is 2.68 bits per heavy atom. The van der Waals surface area contributed by atoms with Crippen molar-refractivity contribution < 1.29 is 8.42 Å². The lowest BCUT2D eigenvalue weighted by atomic mass is 9.92. The topological polar surface area (TPSA) is 79.8 Å². The lowest BCUT2D eigenvalue weighted by Crippen LogP contribution is -2.28. The van der Waals surface area contributed by atoms with E-state index < -0.39 is 10.0 Å². The average molecular weight is 360 g/mol. The van der Waals surface area contributed by atoms with Crippen LogP contribution in [0.3, 0.4) is 0 Å². The second kappa shape index (κ2) is 6.31. The summed E-state index contributed by atoms with van der Waals surface area (Å²) in [5, 5.41) is 5.46. The van der Waals surface area contributed by atoms with Crippen molar-refractivity contribution in [2.24, 2.45) is 7.05 Å². The molecule has 25 heavy (non-hydrogen) atoms. The third-order valence-corrected chi connectivity index (χ3v) is 5.62. The number of rotatable bonds is 5. The van der Waals surface area contributed by atoms with Crippen molar-refractivity contribution >= 4 is 20.9 Å². The maximum absolute atomic E-state index is 12.7. The first-order valence-corrected chi connectivity index (χ1v) is 9.75. The Morgan fingerprint density at radius 2 is 1.96 bits per heavy atom. The van der Waals surface area contributed by atoms with Gasteiger partial charge in [0.1, 0.15) is 4.90 Å². The third kappa shape index (κ3) is 3.62. The molecule has 0 radical (unpaired) electrons. The molecule has 0 bridgehead atoms. The lowest BCUT2D eigenvalue weighted by Gasteiger charge is -2.17. The molecule has 0 saturated heterocycles. The van der Waals surface area contributed by atoms with E-state index in [1.165, 1.54) is 0 Å². The lowest BCUT2D eigenvalue weighted by molar-refractivity contribution is 0.535. The van der Waals surface area contributed by atoms with Crippen LogP contribution in [0.15, 0.2) is 41.6 Å². The van der Waals surface area contributed by atoms with Gasteiger partial charge in [-0.3, -0.25) is 4.68 Å². The number of nitrogens with zero attached hydrogens (tertiary/aromatic N) is 2. The zero-order valence-electron chi connectivity index (χ0n) is 15.0. The van der Waals surface area contributed by atoms with Gasteiger partial charge in [-0.2, -0.15) is 5.10 Å². The minimum atomic E-state index is -3.60. The number of aromatic amines is 1. The predicted molar refractivity (Wildman–Crippen MR) is 99.1 cm³/mol. The summed E-state index contributed by atoms with van der Waals surface area (Å²) in [7, 11) is -1.87. The van der Waals surface area contributed by atoms with Crippen molar-refractivity contribution in [2.45, 2.75) is 37.5 Å². The number of benzene rings is 1. The van der Waals surface area contributed by atoms with Gasteiger partial charge in [-0.15, -0.1) is 0 Å². The van der Waals surface area contributed by atoms with Gasteiger partial charge in [0.25, 0.3) is 0 Å². The zero-order chi connectivity index (χ0) is 18.2. The molecular weight excluding hydrogens is 336 g/mol. The van der Waals surface area contributed by atoms with Crippen LogP contribution in [0.25, 0.3) is 10.9 Å². The number of fused-ring (bicyclic) bond motifs is 1. The fourth-order valence-corrected chi connectivity index (χ4v) is 4.34. The Kier molecular flexibility index (Phi) is 4.47. The van der Waals surface area contributed by atoms with E-state index in [-0.39, 0.29) is 10.3 Å². The van der Waals surface area contributed by atoms with Gasteiger partial charge in [-0.05, 0) is 18.1 Å². The first-order valence-electron chi connectivity index (χ1n) is 8.27. The van der Waals surface area contributed by atoms with Gasteiger partial charge in [0, 0.05) is 42.3 Å². The quantitative estimate of drug-likeness (QED) is 0.734. The molecule has 0 atom stereocenters. The molecule has 0 saturated carbocycles. The van der Waals surface area contributed by atoms with E-state index in [1.807, 2.05) is 51.2 Å². The standard InChI is InChI=1S/C18H24N4O2S/c1-18(2,3)17-16(12-22(4)21-17)25(23,24)20-10-9-13-11-19-15-8-6-5-7-14(13)15/h5-8,11-12,19-20H,9-10H2,1-4H3. The van der Waals surface area contributed by atoms with Crippen molar-refractivity contribution in [3.63, 3.8) is 0 Å². The molecule has 0 amide bonds. The monoisotopic (exact) mass is 360 g/mol. The van der Waals surface area contributed by atoms with E-state index in [9.17, 15) is 8.42 Å². The number of hydrogen-bond acceptors (Lipinski definition) is 3. The van der Waals surface area contributed by atoms with E-state index in [2.05, 4.69) is 14.8 Å². The normalized spacial score (nSPS) is 12.8. The van der Waals surface area contributed by atoms with E-state index in [4.69, 9.17) is 0 Å². The van der Waals surface area contributed by atoms with Crippen LogP contribution in [0.4, 0.5) is 0 Å². The SMILES string of the molecule is Cn1cc(S(=O)(=O)NCCc2c[nH]c3ccccc23)c(C(C)(C)C)n1. The van der Waals surface area contributed by atoms with E-state index >= 15 is 0 Å². The van der Waals surface area contributed by atoms with Gasteiger partial charge in [-0.1, -0.05) is 39.0 Å². The highest BCUT2D eigenvalue weighted by Gasteiger charge is 2.29. The van der Waals surface area contributed by atoms with E-state index in [0.29, 0.717) is 18.7 Å². The van der Waals surface area contributed by atoms with Crippen LogP contribution in [0.5, 0.6) is 0 Å². The smallest absolute Gasteiger partial charge is 0.244 e. The molecule has 3 aromatic rings. The number of aromatic nitrogens is 3. The van der Waals surface area contributed by atoms with Gasteiger partial charge in [0.15, 0.2) is 0 Å². The summed E-state index contributed by atoms with van der Waals surface area (Å²) in [4.78, 5) is 3.46. The van der Waals surface area contributed by atoms with Crippen molar-refractivity contribution in [3.8, 4) is 0 Å². The summed E-state index contributed by atoms with van der Waals surface area (Å²) in [6.45, 7) is 6.21. The number of H-pyrrole nitrogens is 1. The Labute approximate surface area is 148 Å². The van der Waals surface area contributed by atoms with Gasteiger partial charge in [0.05, 0.1) is 5.69 Å². The second-order valence-electron chi connectivity index (χ2n) is 7.27. The molecular formula is C18H24N4O2S. The molecule has 1 aromatic carbocycles. The molecule has 0 spiro atoms. The molecule has 0 aliphatic carbocycles. The molecule has 134 valence electrons. The maximum Gasteiger partial charge on any atom is 0.244 e. The Bertz CT molecular complexity index is 994. The van der Waals surface area contributed by atoms with E-state index in [0.717, 1.165) is 16.5 Å². The fraction of sp³-hybridized carbons (Fsp3) is 0.389. The number of sulfonamides is 1. The highest BCUT2D eigenvalue weighted by atomic mass is 32.2. The van der Waals surface area contributed by atoms with Crippen molar-refractivity contribution in [2.75, 3.05) is 6.54 Å². The molecule has 0 aliphatic heterocycles. The van der Waals surface area contributed by atoms with Crippen LogP contribution in [0.2, 0.25) is 0 Å². The average Bonchev–Trinajstić information content (AvgIpc) is 3.11. The molecule has 2 heterocycles. The molecule has 0 fully saturated rings. The van der Waals surface area contributed by atoms with Crippen LogP contribution < -0.4 is 4.72 Å². The first kappa shape index (κ1) is 17.7. The molecule has 0 aliphatic rings. The van der Waals surface area contributed by atoms with Crippen LogP contribution in [0, 0.1) is 0 Å². The molecule has 3 rings (SSSR count). The van der Waals surface area contributed by atoms with Crippen LogP contribution >= 0.6 is 0 Å². The van der Waals surface area contributed by atoms with Crippen LogP contribution in [0.1, 0.15) is 32.0 Å². The van der Waals surface area contributed by atoms with Crippen LogP contribution in [-0.2, 0) is 28.9 Å². The highest BCUT2D eigenvalue weighted by Crippen LogP contribution is 2.27. The molecule has 2 aromatic heterocycles. The fourth-order valence-electron chi connectivity index (χ4n) is 2.92. The van der Waals surface area contributed by atoms with Gasteiger partial charge in [-0.25, -0.2) is 13.1 Å². The van der Waals surface area contributed by atoms with E-state index in [1.54, 1.807) is 17.9 Å². The summed E-state index contributed by atoms with van der Waals surface area (Å²) in [6, 6.07) is 8.00. The largest absolute Gasteiger partial charge is 0.361 e. The van der Waals surface area contributed by atoms with Gasteiger partial charge >= 0.3 is 0 Å². The highest BCUT2D eigenvalue weighted by molar-refractivity contribution is 7.89. The minimum Gasteiger partial charge on any atom is -0.361 e. The summed E-state index contributed by atoms with van der Waals surface area (Å²) in [6.07, 6.45) is 4.12. The Balaban J connectivity index is 1.77. The Morgan fingerprint density at radius 1 is 1.24 bits per heavy atom. The minimum absolute atomic E-state index is 0.251. The Hall–Kier alpha value is -2.12. The number of hydrogen-bond donors (Lipinski definition) is 2. The third-order valence-electron chi connectivity index (χ3n) is 4.16. The summed E-state index contributed by atoms with van der Waals surface area (Å²) in [5.41, 5.74) is 2.39. The summed E-state index contributed by atoms with van der Waals surface area (Å²) in [5.74, 6) is 0. The van der Waals surface area contributed by atoms with Crippen molar-refractivity contribution in [1.82, 2.24) is 19.5 Å². The molecule has 7 heteroatoms. The van der Waals surface area contributed by atoms with Gasteiger partial charge in [0.2, 0.25) is 10.0 Å². The number of para-hydroxylation sites is 1. The second-order valence-corrected chi connectivity index (χ2v) is 9.01. The number of nitrogens with one attached hydrogen (secondary N) is 2. The van der Waals surface area contributed by atoms with Crippen LogP contribution in [-0.4, -0.2) is 29.7 Å². The predicted octanol–water partition coefficient (Wildman–Crippen LogP) is 2.72. The maximum atomic E-state index is 12.7. The molecule has 2 N–H and O–H groups in total. The zero-order valence-corrected chi connectivity index (χ0v) is 15.8.